The third-order valence-corrected chi connectivity index (χ3v) is 2.72. The summed E-state index contributed by atoms with van der Waals surface area (Å²) in [4.78, 5) is 14.0. The monoisotopic (exact) mass is 193 g/mol. The summed E-state index contributed by atoms with van der Waals surface area (Å²) in [5.74, 6) is 0.00560. The first-order valence-electron chi connectivity index (χ1n) is 5.05. The molecule has 14 heavy (non-hydrogen) atoms. The topological polar surface area (TPSA) is 53.1 Å². The quantitative estimate of drug-likeness (QED) is 0.775. The molecule has 1 aromatic rings. The van der Waals surface area contributed by atoms with Gasteiger partial charge in [-0.2, -0.15) is 0 Å². The van der Waals surface area contributed by atoms with Gasteiger partial charge in [0.15, 0.2) is 0 Å². The molecular weight excluding hydrogens is 178 g/mol. The Morgan fingerprint density at radius 3 is 2.57 bits per heavy atom. The molecule has 1 fully saturated rings. The van der Waals surface area contributed by atoms with E-state index in [0.717, 1.165) is 11.3 Å². The molecule has 1 aromatic heterocycles. The largest absolute Gasteiger partial charge is 0.477 e. The molecule has 1 saturated carbocycles. The maximum absolute atomic E-state index is 11.0. The zero-order valence-electron chi connectivity index (χ0n) is 8.50. The van der Waals surface area contributed by atoms with Crippen molar-refractivity contribution in [2.45, 2.75) is 38.5 Å². The normalized spacial score (nSPS) is 16.2. The lowest BCUT2D eigenvalue weighted by molar-refractivity contribution is 0.0689. The van der Waals surface area contributed by atoms with Crippen molar-refractivity contribution in [3.8, 4) is 0 Å². The zero-order chi connectivity index (χ0) is 10.3. The average molecular weight is 193 g/mol. The number of H-pyrrole nitrogens is 1. The Kier molecular flexibility index (Phi) is 2.10. The molecule has 0 saturated heterocycles. The fourth-order valence-corrected chi connectivity index (χ4v) is 1.74. The van der Waals surface area contributed by atoms with Crippen LogP contribution in [0.2, 0.25) is 0 Å². The summed E-state index contributed by atoms with van der Waals surface area (Å²) in [5.41, 5.74) is 2.41. The average Bonchev–Trinajstić information content (AvgIpc) is 2.83. The van der Waals surface area contributed by atoms with E-state index in [2.05, 4.69) is 4.98 Å². The Morgan fingerprint density at radius 2 is 2.21 bits per heavy atom. The van der Waals surface area contributed by atoms with E-state index in [1.807, 2.05) is 19.9 Å². The van der Waals surface area contributed by atoms with Crippen LogP contribution >= 0.6 is 0 Å². The second-order valence-corrected chi connectivity index (χ2v) is 4.29. The third kappa shape index (κ3) is 1.54. The molecule has 0 aromatic carbocycles. The minimum Gasteiger partial charge on any atom is -0.477 e. The van der Waals surface area contributed by atoms with E-state index in [1.165, 1.54) is 12.8 Å². The number of aromatic carboxylic acids is 1. The van der Waals surface area contributed by atoms with Crippen molar-refractivity contribution < 1.29 is 9.90 Å². The van der Waals surface area contributed by atoms with Crippen molar-refractivity contribution in [1.82, 2.24) is 4.98 Å². The first kappa shape index (κ1) is 9.31. The maximum Gasteiger partial charge on any atom is 0.352 e. The molecule has 0 spiro atoms. The molecule has 1 aliphatic rings. The predicted molar refractivity (Wildman–Crippen MR) is 53.8 cm³/mol. The van der Waals surface area contributed by atoms with E-state index in [0.29, 0.717) is 11.6 Å². The van der Waals surface area contributed by atoms with E-state index in [1.54, 1.807) is 0 Å². The Morgan fingerprint density at radius 1 is 1.57 bits per heavy atom. The minimum absolute atomic E-state index is 0.268. The first-order valence-corrected chi connectivity index (χ1v) is 5.05. The number of rotatable bonds is 3. The Balaban J connectivity index is 2.39. The van der Waals surface area contributed by atoms with Gasteiger partial charge in [-0.15, -0.1) is 0 Å². The van der Waals surface area contributed by atoms with Gasteiger partial charge in [-0.3, -0.25) is 0 Å². The number of carboxylic acids is 1. The van der Waals surface area contributed by atoms with Crippen molar-refractivity contribution in [3.05, 3.63) is 23.0 Å². The molecule has 1 aliphatic carbocycles. The first-order chi connectivity index (χ1) is 6.59. The minimum atomic E-state index is -0.847. The highest BCUT2D eigenvalue weighted by Crippen LogP contribution is 2.40. The second-order valence-electron chi connectivity index (χ2n) is 4.29. The summed E-state index contributed by atoms with van der Waals surface area (Å²) in [6.45, 7) is 4.04. The van der Waals surface area contributed by atoms with Crippen molar-refractivity contribution in [2.24, 2.45) is 0 Å². The molecule has 0 unspecified atom stereocenters. The van der Waals surface area contributed by atoms with Crippen LogP contribution in [0.25, 0.3) is 0 Å². The molecule has 0 amide bonds. The Hall–Kier alpha value is -1.25. The van der Waals surface area contributed by atoms with Gasteiger partial charge in [0.1, 0.15) is 5.69 Å². The molecular formula is C11H15NO2. The van der Waals surface area contributed by atoms with Crippen LogP contribution in [0.5, 0.6) is 0 Å². The van der Waals surface area contributed by atoms with Crippen LogP contribution < -0.4 is 0 Å². The van der Waals surface area contributed by atoms with Gasteiger partial charge >= 0.3 is 5.97 Å². The molecule has 3 heteroatoms. The van der Waals surface area contributed by atoms with Crippen LogP contribution in [0.15, 0.2) is 6.07 Å². The zero-order valence-corrected chi connectivity index (χ0v) is 8.50. The van der Waals surface area contributed by atoms with E-state index < -0.39 is 5.97 Å². The molecule has 3 nitrogen and oxygen atoms in total. The van der Waals surface area contributed by atoms with Crippen molar-refractivity contribution in [2.75, 3.05) is 0 Å². The van der Waals surface area contributed by atoms with Crippen molar-refractivity contribution in [3.63, 3.8) is 0 Å². The molecule has 0 radical (unpaired) electrons. The molecule has 76 valence electrons. The summed E-state index contributed by atoms with van der Waals surface area (Å²) in [6, 6.07) is 2.02. The van der Waals surface area contributed by atoms with Gasteiger partial charge in [0.05, 0.1) is 0 Å². The summed E-state index contributed by atoms with van der Waals surface area (Å²) in [5, 5.41) is 9.00. The van der Waals surface area contributed by atoms with E-state index in [9.17, 15) is 4.79 Å². The Bertz CT molecular complexity index is 361. The SMILES string of the molecule is CC(C)c1cc(C2CC2)[nH]c1C(=O)O. The fraction of sp³-hybridized carbons (Fsp3) is 0.545. The van der Waals surface area contributed by atoms with Gasteiger partial charge in [-0.25, -0.2) is 4.79 Å². The number of carboxylic acid groups (broad SMARTS) is 1. The number of carbonyl (C=O) groups is 1. The van der Waals surface area contributed by atoms with E-state index in [4.69, 9.17) is 5.11 Å². The third-order valence-electron chi connectivity index (χ3n) is 2.72. The highest BCUT2D eigenvalue weighted by atomic mass is 16.4. The van der Waals surface area contributed by atoms with Crippen LogP contribution in [0.1, 0.15) is 60.3 Å². The van der Waals surface area contributed by atoms with Crippen LogP contribution in [-0.2, 0) is 0 Å². The fourth-order valence-electron chi connectivity index (χ4n) is 1.74. The number of hydrogen-bond acceptors (Lipinski definition) is 1. The number of aromatic nitrogens is 1. The van der Waals surface area contributed by atoms with Gasteiger partial charge in [0.2, 0.25) is 0 Å². The summed E-state index contributed by atoms with van der Waals surface area (Å²) in [6.07, 6.45) is 2.38. The van der Waals surface area contributed by atoms with Crippen LogP contribution in [0.4, 0.5) is 0 Å². The van der Waals surface area contributed by atoms with Gasteiger partial charge < -0.3 is 10.1 Å². The van der Waals surface area contributed by atoms with Gasteiger partial charge in [0, 0.05) is 5.69 Å². The highest BCUT2D eigenvalue weighted by Gasteiger charge is 2.28. The second kappa shape index (κ2) is 3.15. The van der Waals surface area contributed by atoms with E-state index in [-0.39, 0.29) is 5.92 Å². The highest BCUT2D eigenvalue weighted by molar-refractivity contribution is 5.87. The maximum atomic E-state index is 11.0. The Labute approximate surface area is 83.1 Å². The predicted octanol–water partition coefficient (Wildman–Crippen LogP) is 2.71. The van der Waals surface area contributed by atoms with Crippen LogP contribution in [-0.4, -0.2) is 16.1 Å². The van der Waals surface area contributed by atoms with Gasteiger partial charge in [-0.1, -0.05) is 13.8 Å². The number of nitrogens with one attached hydrogen (secondary N) is 1. The molecule has 0 bridgehead atoms. The van der Waals surface area contributed by atoms with Gasteiger partial charge in [-0.05, 0) is 36.3 Å². The lowest BCUT2D eigenvalue weighted by atomic mass is 10.0. The lowest BCUT2D eigenvalue weighted by Crippen LogP contribution is -2.02. The molecule has 2 rings (SSSR count). The molecule has 0 aliphatic heterocycles. The summed E-state index contributed by atoms with van der Waals surface area (Å²) in [7, 11) is 0. The molecule has 1 heterocycles. The molecule has 2 N–H and O–H groups in total. The van der Waals surface area contributed by atoms with Crippen molar-refractivity contribution in [1.29, 1.82) is 0 Å². The smallest absolute Gasteiger partial charge is 0.352 e. The molecule has 0 atom stereocenters. The summed E-state index contributed by atoms with van der Waals surface area (Å²) < 4.78 is 0. The van der Waals surface area contributed by atoms with Gasteiger partial charge in [0.25, 0.3) is 0 Å². The standard InChI is InChI=1S/C11H15NO2/c1-6(2)8-5-9(7-3-4-7)12-10(8)11(13)14/h5-7,12H,3-4H2,1-2H3,(H,13,14). The number of aromatic amines is 1. The van der Waals surface area contributed by atoms with Crippen molar-refractivity contribution >= 4 is 5.97 Å². The summed E-state index contributed by atoms with van der Waals surface area (Å²) >= 11 is 0. The van der Waals surface area contributed by atoms with Crippen LogP contribution in [0, 0.1) is 0 Å². The van der Waals surface area contributed by atoms with E-state index >= 15 is 0 Å². The lowest BCUT2D eigenvalue weighted by Gasteiger charge is -2.01. The van der Waals surface area contributed by atoms with Crippen LogP contribution in [0.3, 0.4) is 0 Å². The number of hydrogen-bond donors (Lipinski definition) is 2.